The number of benzene rings is 2. The van der Waals surface area contributed by atoms with Crippen LogP contribution >= 0.6 is 0 Å². The fraction of sp³-hybridized carbons (Fsp3) is 0.133. The van der Waals surface area contributed by atoms with Crippen molar-refractivity contribution in [3.8, 4) is 17.2 Å². The van der Waals surface area contributed by atoms with Gasteiger partial charge in [-0.1, -0.05) is 0 Å². The van der Waals surface area contributed by atoms with E-state index in [2.05, 4.69) is 10.5 Å². The molecule has 0 aliphatic carbocycles. The summed E-state index contributed by atoms with van der Waals surface area (Å²) in [6.07, 6.45) is 1.47. The lowest BCUT2D eigenvalue weighted by molar-refractivity contribution is 0.171. The molecule has 2 aromatic carbocycles. The first-order valence-corrected chi connectivity index (χ1v) is 6.39. The summed E-state index contributed by atoms with van der Waals surface area (Å²) in [6, 6.07) is 6.62. The predicted octanol–water partition coefficient (Wildman–Crippen LogP) is 3.15. The Morgan fingerprint density at radius 3 is 2.86 bits per heavy atom. The topological polar surface area (TPSA) is 52.1 Å². The molecular formula is C15H12F2N2O3. The lowest BCUT2D eigenvalue weighted by Gasteiger charge is -2.06. The predicted molar refractivity (Wildman–Crippen MR) is 76.7 cm³/mol. The van der Waals surface area contributed by atoms with Crippen LogP contribution in [0.1, 0.15) is 5.56 Å². The third-order valence-corrected chi connectivity index (χ3v) is 3.01. The number of hydrogen-bond acceptors (Lipinski definition) is 5. The van der Waals surface area contributed by atoms with Gasteiger partial charge in [0.25, 0.3) is 0 Å². The largest absolute Gasteiger partial charge is 0.493 e. The zero-order chi connectivity index (χ0) is 15.5. The smallest absolute Gasteiger partial charge is 0.231 e. The molecule has 0 atom stereocenters. The summed E-state index contributed by atoms with van der Waals surface area (Å²) in [4.78, 5) is 0. The minimum absolute atomic E-state index is 0.0744. The highest BCUT2D eigenvalue weighted by molar-refractivity contribution is 5.83. The number of anilines is 1. The standard InChI is InChI=1S/C15H12F2N2O3/c1-20-13-4-9(5-14-15(13)22-8-21-14)7-18-19-12-3-2-10(16)6-11(12)17/h2-7,19H,8H2,1H3/b18-7-. The van der Waals surface area contributed by atoms with Crippen LogP contribution in [0.15, 0.2) is 35.4 Å². The molecule has 0 fully saturated rings. The summed E-state index contributed by atoms with van der Waals surface area (Å²) in [5.41, 5.74) is 3.26. The Hall–Kier alpha value is -2.83. The number of halogens is 2. The van der Waals surface area contributed by atoms with E-state index in [4.69, 9.17) is 14.2 Å². The monoisotopic (exact) mass is 306 g/mol. The van der Waals surface area contributed by atoms with Gasteiger partial charge in [0.2, 0.25) is 12.5 Å². The van der Waals surface area contributed by atoms with Gasteiger partial charge < -0.3 is 14.2 Å². The van der Waals surface area contributed by atoms with Crippen molar-refractivity contribution < 1.29 is 23.0 Å². The molecule has 7 heteroatoms. The first-order valence-electron chi connectivity index (χ1n) is 6.39. The number of fused-ring (bicyclic) bond motifs is 1. The summed E-state index contributed by atoms with van der Waals surface area (Å²) >= 11 is 0. The molecule has 22 heavy (non-hydrogen) atoms. The minimum atomic E-state index is -0.722. The highest BCUT2D eigenvalue weighted by Crippen LogP contribution is 2.41. The Morgan fingerprint density at radius 2 is 2.09 bits per heavy atom. The van der Waals surface area contributed by atoms with Crippen molar-refractivity contribution in [3.05, 3.63) is 47.5 Å². The van der Waals surface area contributed by atoms with E-state index in [1.165, 1.54) is 19.4 Å². The molecule has 0 saturated heterocycles. The van der Waals surface area contributed by atoms with Crippen molar-refractivity contribution in [3.63, 3.8) is 0 Å². The molecule has 5 nitrogen and oxygen atoms in total. The third-order valence-electron chi connectivity index (χ3n) is 3.01. The molecule has 114 valence electrons. The van der Waals surface area contributed by atoms with Crippen molar-refractivity contribution >= 4 is 11.9 Å². The fourth-order valence-corrected chi connectivity index (χ4v) is 1.98. The second-order valence-corrected chi connectivity index (χ2v) is 4.45. The zero-order valence-electron chi connectivity index (χ0n) is 11.6. The van der Waals surface area contributed by atoms with E-state index in [0.29, 0.717) is 22.8 Å². The molecule has 1 heterocycles. The molecule has 2 aromatic rings. The molecule has 1 aliphatic heterocycles. The highest BCUT2D eigenvalue weighted by Gasteiger charge is 2.19. The Kier molecular flexibility index (Phi) is 3.78. The van der Waals surface area contributed by atoms with Crippen LogP contribution in [-0.4, -0.2) is 20.1 Å². The summed E-state index contributed by atoms with van der Waals surface area (Å²) in [7, 11) is 1.52. The second kappa shape index (κ2) is 5.88. The molecule has 1 aliphatic rings. The number of hydrogen-bond donors (Lipinski definition) is 1. The van der Waals surface area contributed by atoms with Crippen molar-refractivity contribution in [1.82, 2.24) is 0 Å². The zero-order valence-corrected chi connectivity index (χ0v) is 11.6. The third kappa shape index (κ3) is 2.78. The average Bonchev–Trinajstić information content (AvgIpc) is 2.97. The minimum Gasteiger partial charge on any atom is -0.493 e. The quantitative estimate of drug-likeness (QED) is 0.696. The lowest BCUT2D eigenvalue weighted by Crippen LogP contribution is -1.95. The maximum Gasteiger partial charge on any atom is 0.231 e. The summed E-state index contributed by atoms with van der Waals surface area (Å²) < 4.78 is 42.0. The van der Waals surface area contributed by atoms with Crippen molar-refractivity contribution in [2.45, 2.75) is 0 Å². The molecule has 0 bridgehead atoms. The van der Waals surface area contributed by atoms with Gasteiger partial charge in [-0.2, -0.15) is 5.10 Å². The summed E-state index contributed by atoms with van der Waals surface area (Å²) in [5.74, 6) is 0.239. The molecule has 1 N–H and O–H groups in total. The van der Waals surface area contributed by atoms with Crippen LogP contribution in [0.3, 0.4) is 0 Å². The van der Waals surface area contributed by atoms with Crippen molar-refractivity contribution in [2.24, 2.45) is 5.10 Å². The average molecular weight is 306 g/mol. The number of nitrogens with zero attached hydrogens (tertiary/aromatic N) is 1. The first kappa shape index (κ1) is 14.1. The molecule has 0 unspecified atom stereocenters. The van der Waals surface area contributed by atoms with Gasteiger partial charge in [-0.25, -0.2) is 8.78 Å². The SMILES string of the molecule is COc1cc(/C=N\Nc2ccc(F)cc2F)cc2c1OCO2. The van der Waals surface area contributed by atoms with Crippen LogP contribution < -0.4 is 19.6 Å². The van der Waals surface area contributed by atoms with Gasteiger partial charge >= 0.3 is 0 Å². The van der Waals surface area contributed by atoms with Crippen LogP contribution in [0.2, 0.25) is 0 Å². The summed E-state index contributed by atoms with van der Waals surface area (Å²) in [6.45, 7) is 0.130. The number of hydrazone groups is 1. The van der Waals surface area contributed by atoms with Crippen LogP contribution in [-0.2, 0) is 0 Å². The number of ether oxygens (including phenoxy) is 3. The van der Waals surface area contributed by atoms with Gasteiger partial charge in [-0.05, 0) is 24.3 Å². The van der Waals surface area contributed by atoms with Gasteiger partial charge in [-0.15, -0.1) is 0 Å². The first-order chi connectivity index (χ1) is 10.7. The highest BCUT2D eigenvalue weighted by atomic mass is 19.1. The van der Waals surface area contributed by atoms with E-state index in [9.17, 15) is 8.78 Å². The van der Waals surface area contributed by atoms with Crippen LogP contribution in [0.4, 0.5) is 14.5 Å². The van der Waals surface area contributed by atoms with Gasteiger partial charge in [0.05, 0.1) is 19.0 Å². The number of methoxy groups -OCH3 is 1. The molecule has 0 spiro atoms. The molecule has 0 aromatic heterocycles. The Balaban J connectivity index is 1.78. The van der Waals surface area contributed by atoms with Gasteiger partial charge in [0.15, 0.2) is 17.3 Å². The number of nitrogens with one attached hydrogen (secondary N) is 1. The molecule has 3 rings (SSSR count). The Bertz CT molecular complexity index is 735. The van der Waals surface area contributed by atoms with E-state index in [1.807, 2.05) is 0 Å². The van der Waals surface area contributed by atoms with Gasteiger partial charge in [0, 0.05) is 11.6 Å². The summed E-state index contributed by atoms with van der Waals surface area (Å²) in [5, 5.41) is 3.91. The Morgan fingerprint density at radius 1 is 1.23 bits per heavy atom. The van der Waals surface area contributed by atoms with Gasteiger partial charge in [0.1, 0.15) is 5.82 Å². The van der Waals surface area contributed by atoms with Crippen LogP contribution in [0, 0.1) is 11.6 Å². The maximum atomic E-state index is 13.4. The van der Waals surface area contributed by atoms with Crippen LogP contribution in [0.25, 0.3) is 0 Å². The van der Waals surface area contributed by atoms with E-state index in [1.54, 1.807) is 12.1 Å². The second-order valence-electron chi connectivity index (χ2n) is 4.45. The van der Waals surface area contributed by atoms with E-state index < -0.39 is 11.6 Å². The molecule has 0 saturated carbocycles. The van der Waals surface area contributed by atoms with Gasteiger partial charge in [-0.3, -0.25) is 5.43 Å². The van der Waals surface area contributed by atoms with E-state index in [-0.39, 0.29) is 12.5 Å². The van der Waals surface area contributed by atoms with Crippen molar-refractivity contribution in [1.29, 1.82) is 0 Å². The fourth-order valence-electron chi connectivity index (χ4n) is 1.98. The number of rotatable bonds is 4. The normalized spacial score (nSPS) is 12.7. The Labute approximate surface area is 125 Å². The van der Waals surface area contributed by atoms with Crippen molar-refractivity contribution in [2.75, 3.05) is 19.3 Å². The maximum absolute atomic E-state index is 13.4. The van der Waals surface area contributed by atoms with E-state index in [0.717, 1.165) is 12.1 Å². The molecule has 0 amide bonds. The van der Waals surface area contributed by atoms with Crippen LogP contribution in [0.5, 0.6) is 17.2 Å². The molecular weight excluding hydrogens is 294 g/mol. The lowest BCUT2D eigenvalue weighted by atomic mass is 10.2. The molecule has 0 radical (unpaired) electrons. The van der Waals surface area contributed by atoms with E-state index >= 15 is 0 Å².